The van der Waals surface area contributed by atoms with Gasteiger partial charge in [0.15, 0.2) is 0 Å². The van der Waals surface area contributed by atoms with Crippen LogP contribution >= 0.6 is 0 Å². The molecule has 0 aromatic rings. The summed E-state index contributed by atoms with van der Waals surface area (Å²) in [5.74, 6) is 2.35. The van der Waals surface area contributed by atoms with Crippen LogP contribution in [-0.2, 0) is 9.47 Å². The molecule has 1 saturated heterocycles. The van der Waals surface area contributed by atoms with E-state index < -0.39 is 24.6 Å². The van der Waals surface area contributed by atoms with Gasteiger partial charge in [-0.3, -0.25) is 0 Å². The minimum absolute atomic E-state index is 0.917. The number of carboxylic acid groups (broad SMARTS) is 4. The van der Waals surface area contributed by atoms with Crippen LogP contribution in [0.4, 0.5) is 19.2 Å². The topological polar surface area (TPSA) is 168 Å². The number of cyclic esters (lactones) is 4. The monoisotopic (exact) mass is 322 g/mol. The van der Waals surface area contributed by atoms with Crippen LogP contribution in [-0.4, -0.2) is 45.0 Å². The number of hydrogen-bond acceptors (Lipinski definition) is 6. The summed E-state index contributed by atoms with van der Waals surface area (Å²) in [6.45, 7) is 0. The average Bonchev–Trinajstić information content (AvgIpc) is 2.88. The Morgan fingerprint density at radius 3 is 1.09 bits per heavy atom. The summed E-state index contributed by atoms with van der Waals surface area (Å²) >= 11 is 0. The van der Waals surface area contributed by atoms with Crippen molar-refractivity contribution in [1.82, 2.24) is 0 Å². The summed E-state index contributed by atoms with van der Waals surface area (Å²) in [4.78, 5) is 36.0. The maximum atomic E-state index is 9.44. The molecule has 3 rings (SSSR count). The minimum atomic E-state index is -1.83. The molecule has 2 aliphatic carbocycles. The largest absolute Gasteiger partial charge is 0.528 e. The van der Waals surface area contributed by atoms with Crippen molar-refractivity contribution in [2.75, 3.05) is 0 Å². The molecule has 126 valence electrons. The third kappa shape index (κ3) is 10.3. The fraction of sp³-hybridized carbons (Fsp3) is 0.667. The quantitative estimate of drug-likeness (QED) is 0.383. The van der Waals surface area contributed by atoms with E-state index in [4.69, 9.17) is 30.0 Å². The Kier molecular flexibility index (Phi) is 9.07. The molecule has 3 fully saturated rings. The second kappa shape index (κ2) is 10.2. The van der Waals surface area contributed by atoms with Crippen molar-refractivity contribution >= 4 is 24.6 Å². The third-order valence-electron chi connectivity index (χ3n) is 3.30. The third-order valence-corrected chi connectivity index (χ3v) is 3.30. The number of hydrogen-bond donors (Lipinski definition) is 4. The lowest BCUT2D eigenvalue weighted by Crippen LogP contribution is -2.27. The molecule has 2 saturated carbocycles. The molecule has 0 spiro atoms. The molecule has 4 N–H and O–H groups in total. The fourth-order valence-corrected chi connectivity index (χ4v) is 2.66. The molecular formula is C12H18O10. The Morgan fingerprint density at radius 2 is 0.955 bits per heavy atom. The Balaban J connectivity index is 0.000000284. The SMILES string of the molecule is C1CC2CCCC2C1.O=C(O)O.O=C(O)O.O=C1OC(=O)O1. The zero-order valence-corrected chi connectivity index (χ0v) is 11.6. The maximum Gasteiger partial charge on any atom is 0.528 e. The first-order valence-corrected chi connectivity index (χ1v) is 6.49. The van der Waals surface area contributed by atoms with Crippen LogP contribution in [0.25, 0.3) is 0 Å². The highest BCUT2D eigenvalue weighted by Gasteiger charge is 2.30. The second-order valence-electron chi connectivity index (χ2n) is 4.65. The van der Waals surface area contributed by atoms with Crippen LogP contribution in [0.15, 0.2) is 0 Å². The number of rotatable bonds is 0. The van der Waals surface area contributed by atoms with Crippen molar-refractivity contribution in [3.8, 4) is 0 Å². The molecular weight excluding hydrogens is 304 g/mol. The molecule has 0 unspecified atom stereocenters. The highest BCUT2D eigenvalue weighted by Crippen LogP contribution is 2.43. The highest BCUT2D eigenvalue weighted by molar-refractivity contribution is 5.93. The van der Waals surface area contributed by atoms with E-state index in [1.54, 1.807) is 25.7 Å². The summed E-state index contributed by atoms with van der Waals surface area (Å²) in [6, 6.07) is 0. The van der Waals surface area contributed by atoms with Gasteiger partial charge in [0, 0.05) is 0 Å². The van der Waals surface area contributed by atoms with E-state index in [0.717, 1.165) is 0 Å². The van der Waals surface area contributed by atoms with E-state index in [-0.39, 0.29) is 0 Å². The van der Waals surface area contributed by atoms with Gasteiger partial charge in [-0.15, -0.1) is 0 Å². The molecule has 0 aromatic carbocycles. The van der Waals surface area contributed by atoms with Gasteiger partial charge >= 0.3 is 24.6 Å². The Labute approximate surface area is 125 Å². The summed E-state index contributed by atoms with van der Waals surface area (Å²) < 4.78 is 7.28. The number of fused-ring (bicyclic) bond motifs is 1. The van der Waals surface area contributed by atoms with Gasteiger partial charge in [-0.05, 0) is 11.8 Å². The van der Waals surface area contributed by atoms with Crippen molar-refractivity contribution in [3.63, 3.8) is 0 Å². The van der Waals surface area contributed by atoms with Gasteiger partial charge in [0.05, 0.1) is 0 Å². The lowest BCUT2D eigenvalue weighted by atomic mass is 10.0. The standard InChI is InChI=1S/C8H14.C2O4.2CH2O3/c1-3-7-5-2-6-8(7)4-1;3-1-5-2(4)6-1;2*2-1(3)4/h7-8H,1-6H2;;2*(H2,2,3,4). The molecule has 10 heteroatoms. The number of carbonyl (C=O) groups excluding carboxylic acids is 2. The maximum absolute atomic E-state index is 9.44. The molecule has 0 radical (unpaired) electrons. The lowest BCUT2D eigenvalue weighted by molar-refractivity contribution is 0.00674. The molecule has 10 nitrogen and oxygen atoms in total. The van der Waals surface area contributed by atoms with Crippen molar-refractivity contribution in [2.24, 2.45) is 11.8 Å². The van der Waals surface area contributed by atoms with Crippen LogP contribution in [0.2, 0.25) is 0 Å². The first kappa shape index (κ1) is 19.5. The molecule has 0 amide bonds. The zero-order chi connectivity index (χ0) is 17.1. The van der Waals surface area contributed by atoms with E-state index in [1.165, 1.54) is 24.7 Å². The normalized spacial score (nSPS) is 23.5. The molecule has 3 aliphatic rings. The van der Waals surface area contributed by atoms with E-state index in [1.807, 2.05) is 0 Å². The first-order chi connectivity index (χ1) is 10.2. The van der Waals surface area contributed by atoms with E-state index >= 15 is 0 Å². The van der Waals surface area contributed by atoms with Crippen LogP contribution in [0, 0.1) is 11.8 Å². The van der Waals surface area contributed by atoms with Crippen LogP contribution in [0.1, 0.15) is 38.5 Å². The van der Waals surface area contributed by atoms with E-state index in [9.17, 15) is 9.59 Å². The predicted molar refractivity (Wildman–Crippen MR) is 69.0 cm³/mol. The van der Waals surface area contributed by atoms with Gasteiger partial charge in [0.25, 0.3) is 0 Å². The fourth-order valence-electron chi connectivity index (χ4n) is 2.66. The van der Waals surface area contributed by atoms with Gasteiger partial charge in [0.2, 0.25) is 0 Å². The van der Waals surface area contributed by atoms with E-state index in [2.05, 4.69) is 9.47 Å². The van der Waals surface area contributed by atoms with Gasteiger partial charge in [-0.25, -0.2) is 19.2 Å². The summed E-state index contributed by atoms with van der Waals surface area (Å²) in [7, 11) is 0. The van der Waals surface area contributed by atoms with Gasteiger partial charge in [-0.1, -0.05) is 38.5 Å². The number of carbonyl (C=O) groups is 4. The molecule has 1 aliphatic heterocycles. The average molecular weight is 322 g/mol. The predicted octanol–water partition coefficient (Wildman–Crippen LogP) is 3.30. The van der Waals surface area contributed by atoms with E-state index in [0.29, 0.717) is 0 Å². The van der Waals surface area contributed by atoms with Crippen LogP contribution < -0.4 is 0 Å². The lowest BCUT2D eigenvalue weighted by Gasteiger charge is -2.05. The molecule has 0 aromatic heterocycles. The first-order valence-electron chi connectivity index (χ1n) is 6.49. The summed E-state index contributed by atoms with van der Waals surface area (Å²) in [6.07, 6.45) is 3.81. The Morgan fingerprint density at radius 1 is 0.727 bits per heavy atom. The zero-order valence-electron chi connectivity index (χ0n) is 11.6. The van der Waals surface area contributed by atoms with Crippen molar-refractivity contribution < 1.29 is 49.1 Å². The molecule has 22 heavy (non-hydrogen) atoms. The summed E-state index contributed by atoms with van der Waals surface area (Å²) in [5, 5.41) is 27.9. The number of ether oxygens (including phenoxy) is 2. The van der Waals surface area contributed by atoms with Gasteiger partial charge < -0.3 is 29.9 Å². The van der Waals surface area contributed by atoms with Crippen molar-refractivity contribution in [3.05, 3.63) is 0 Å². The van der Waals surface area contributed by atoms with Crippen LogP contribution in [0.3, 0.4) is 0 Å². The van der Waals surface area contributed by atoms with Crippen molar-refractivity contribution in [1.29, 1.82) is 0 Å². The summed E-state index contributed by atoms with van der Waals surface area (Å²) in [5.41, 5.74) is 0. The van der Waals surface area contributed by atoms with Gasteiger partial charge in [0.1, 0.15) is 0 Å². The highest BCUT2D eigenvalue weighted by atomic mass is 16.9. The Hall–Kier alpha value is -2.52. The van der Waals surface area contributed by atoms with Gasteiger partial charge in [-0.2, -0.15) is 0 Å². The Bertz CT molecular complexity index is 343. The minimum Gasteiger partial charge on any atom is -0.450 e. The smallest absolute Gasteiger partial charge is 0.450 e. The molecule has 0 bridgehead atoms. The second-order valence-corrected chi connectivity index (χ2v) is 4.65. The molecule has 0 atom stereocenters. The van der Waals surface area contributed by atoms with Crippen LogP contribution in [0.5, 0.6) is 0 Å². The molecule has 1 heterocycles. The van der Waals surface area contributed by atoms with Crippen molar-refractivity contribution in [2.45, 2.75) is 38.5 Å².